The topological polar surface area (TPSA) is 12.0 Å². The molecule has 0 aromatic rings. The monoisotopic (exact) mass is 133 g/mol. The van der Waals surface area contributed by atoms with Gasteiger partial charge in [-0.2, -0.15) is 0 Å². The van der Waals surface area contributed by atoms with Crippen LogP contribution in [0.2, 0.25) is 0 Å². The van der Waals surface area contributed by atoms with Crippen LogP contribution in [0.4, 0.5) is 4.39 Å². The molecule has 0 amide bonds. The van der Waals surface area contributed by atoms with Gasteiger partial charge in [0.1, 0.15) is 6.17 Å². The van der Waals surface area contributed by atoms with Crippen LogP contribution >= 0.6 is 0 Å². The van der Waals surface area contributed by atoms with E-state index in [1.54, 1.807) is 7.05 Å². The maximum absolute atomic E-state index is 12.9. The quantitative estimate of drug-likeness (QED) is 0.616. The summed E-state index contributed by atoms with van der Waals surface area (Å²) in [6.07, 6.45) is -0.727. The standard InChI is InChI=1S/C7H16FN/c1-5(2)7(8)6(3)9-4/h5-7,9H,1-4H3. The van der Waals surface area contributed by atoms with Gasteiger partial charge in [-0.15, -0.1) is 0 Å². The minimum atomic E-state index is -0.727. The summed E-state index contributed by atoms with van der Waals surface area (Å²) in [6.45, 7) is 5.63. The summed E-state index contributed by atoms with van der Waals surface area (Å²) in [5.41, 5.74) is 0. The van der Waals surface area contributed by atoms with Crippen LogP contribution in [0, 0.1) is 5.92 Å². The molecule has 0 heterocycles. The van der Waals surface area contributed by atoms with Gasteiger partial charge in [0.05, 0.1) is 0 Å². The van der Waals surface area contributed by atoms with E-state index in [0.29, 0.717) is 0 Å². The molecule has 0 saturated heterocycles. The molecule has 0 bridgehead atoms. The third-order valence-electron chi connectivity index (χ3n) is 1.57. The van der Waals surface area contributed by atoms with Gasteiger partial charge in [-0.05, 0) is 19.9 Å². The van der Waals surface area contributed by atoms with Crippen LogP contribution in [-0.2, 0) is 0 Å². The van der Waals surface area contributed by atoms with Gasteiger partial charge in [-0.1, -0.05) is 13.8 Å². The van der Waals surface area contributed by atoms with E-state index < -0.39 is 6.17 Å². The lowest BCUT2D eigenvalue weighted by Crippen LogP contribution is -2.34. The van der Waals surface area contributed by atoms with E-state index in [-0.39, 0.29) is 12.0 Å². The van der Waals surface area contributed by atoms with Gasteiger partial charge in [0, 0.05) is 6.04 Å². The first-order chi connectivity index (χ1) is 4.09. The van der Waals surface area contributed by atoms with Crippen LogP contribution < -0.4 is 5.32 Å². The van der Waals surface area contributed by atoms with Crippen LogP contribution in [0.25, 0.3) is 0 Å². The number of rotatable bonds is 3. The maximum atomic E-state index is 12.9. The first-order valence-corrected chi connectivity index (χ1v) is 3.41. The Kier molecular flexibility index (Phi) is 3.78. The predicted molar refractivity (Wildman–Crippen MR) is 38.3 cm³/mol. The Labute approximate surface area is 56.6 Å². The van der Waals surface area contributed by atoms with Crippen LogP contribution in [0.5, 0.6) is 0 Å². The summed E-state index contributed by atoms with van der Waals surface area (Å²) >= 11 is 0. The van der Waals surface area contributed by atoms with Gasteiger partial charge in [-0.25, -0.2) is 4.39 Å². The highest BCUT2D eigenvalue weighted by Gasteiger charge is 2.17. The Hall–Kier alpha value is -0.110. The molecule has 0 spiro atoms. The fourth-order valence-electron chi connectivity index (χ4n) is 0.737. The first-order valence-electron chi connectivity index (χ1n) is 3.41. The fourth-order valence-corrected chi connectivity index (χ4v) is 0.737. The number of nitrogens with one attached hydrogen (secondary N) is 1. The summed E-state index contributed by atoms with van der Waals surface area (Å²) in [6, 6.07) is -0.0231. The molecule has 2 unspecified atom stereocenters. The number of hydrogen-bond donors (Lipinski definition) is 1. The second kappa shape index (κ2) is 3.83. The Balaban J connectivity index is 3.58. The van der Waals surface area contributed by atoms with Crippen LogP contribution in [0.15, 0.2) is 0 Å². The normalized spacial score (nSPS) is 18.0. The molecule has 9 heavy (non-hydrogen) atoms. The molecular formula is C7H16FN. The molecule has 2 heteroatoms. The Morgan fingerprint density at radius 3 is 1.78 bits per heavy atom. The summed E-state index contributed by atoms with van der Waals surface area (Å²) in [5.74, 6) is 0.118. The zero-order valence-corrected chi connectivity index (χ0v) is 6.61. The largest absolute Gasteiger partial charge is 0.314 e. The van der Waals surface area contributed by atoms with Crippen molar-refractivity contribution < 1.29 is 4.39 Å². The van der Waals surface area contributed by atoms with Gasteiger partial charge < -0.3 is 5.32 Å². The Bertz CT molecular complexity index is 73.3. The summed E-state index contributed by atoms with van der Waals surface area (Å²) in [4.78, 5) is 0. The highest BCUT2D eigenvalue weighted by Crippen LogP contribution is 2.09. The van der Waals surface area contributed by atoms with Crippen molar-refractivity contribution in [1.29, 1.82) is 0 Å². The smallest absolute Gasteiger partial charge is 0.117 e. The molecule has 0 aliphatic carbocycles. The average molecular weight is 133 g/mol. The fraction of sp³-hybridized carbons (Fsp3) is 1.00. The molecule has 0 aliphatic heterocycles. The second-order valence-electron chi connectivity index (χ2n) is 2.77. The highest BCUT2D eigenvalue weighted by molar-refractivity contribution is 4.71. The van der Waals surface area contributed by atoms with E-state index in [2.05, 4.69) is 5.32 Å². The number of halogens is 1. The molecule has 0 radical (unpaired) electrons. The predicted octanol–water partition coefficient (Wildman–Crippen LogP) is 1.59. The zero-order valence-electron chi connectivity index (χ0n) is 6.61. The van der Waals surface area contributed by atoms with Crippen molar-refractivity contribution in [3.8, 4) is 0 Å². The van der Waals surface area contributed by atoms with Crippen molar-refractivity contribution in [3.63, 3.8) is 0 Å². The van der Waals surface area contributed by atoms with Gasteiger partial charge in [0.2, 0.25) is 0 Å². The van der Waals surface area contributed by atoms with E-state index in [0.717, 1.165) is 0 Å². The van der Waals surface area contributed by atoms with Crippen molar-refractivity contribution in [2.75, 3.05) is 7.05 Å². The molecule has 0 aliphatic rings. The molecule has 0 aromatic heterocycles. The minimum Gasteiger partial charge on any atom is -0.314 e. The average Bonchev–Trinajstić information content (AvgIpc) is 1.84. The number of alkyl halides is 1. The van der Waals surface area contributed by atoms with Crippen molar-refractivity contribution in [3.05, 3.63) is 0 Å². The SMILES string of the molecule is CNC(C)C(F)C(C)C. The van der Waals surface area contributed by atoms with Gasteiger partial charge in [0.15, 0.2) is 0 Å². The summed E-state index contributed by atoms with van der Waals surface area (Å²) in [5, 5.41) is 2.87. The summed E-state index contributed by atoms with van der Waals surface area (Å²) < 4.78 is 12.9. The van der Waals surface area contributed by atoms with Crippen LogP contribution in [-0.4, -0.2) is 19.3 Å². The lowest BCUT2D eigenvalue weighted by molar-refractivity contribution is 0.205. The minimum absolute atomic E-state index is 0.0231. The molecule has 1 nitrogen and oxygen atoms in total. The molecule has 56 valence electrons. The lowest BCUT2D eigenvalue weighted by atomic mass is 10.0. The van der Waals surface area contributed by atoms with Crippen molar-refractivity contribution in [2.24, 2.45) is 5.92 Å². The van der Waals surface area contributed by atoms with Gasteiger partial charge >= 0.3 is 0 Å². The van der Waals surface area contributed by atoms with E-state index in [1.807, 2.05) is 20.8 Å². The molecular weight excluding hydrogens is 117 g/mol. The van der Waals surface area contributed by atoms with Crippen molar-refractivity contribution in [2.45, 2.75) is 33.0 Å². The van der Waals surface area contributed by atoms with Gasteiger partial charge in [-0.3, -0.25) is 0 Å². The Morgan fingerprint density at radius 1 is 1.22 bits per heavy atom. The highest BCUT2D eigenvalue weighted by atomic mass is 19.1. The third-order valence-corrected chi connectivity index (χ3v) is 1.57. The molecule has 0 fully saturated rings. The molecule has 0 saturated carbocycles. The van der Waals surface area contributed by atoms with E-state index in [1.165, 1.54) is 0 Å². The van der Waals surface area contributed by atoms with E-state index in [4.69, 9.17) is 0 Å². The molecule has 0 aromatic carbocycles. The first kappa shape index (κ1) is 8.89. The zero-order chi connectivity index (χ0) is 7.44. The molecule has 2 atom stereocenters. The third kappa shape index (κ3) is 2.80. The molecule has 0 rings (SSSR count). The van der Waals surface area contributed by atoms with Crippen molar-refractivity contribution >= 4 is 0 Å². The van der Waals surface area contributed by atoms with E-state index in [9.17, 15) is 4.39 Å². The summed E-state index contributed by atoms with van der Waals surface area (Å²) in [7, 11) is 1.78. The van der Waals surface area contributed by atoms with Crippen molar-refractivity contribution in [1.82, 2.24) is 5.32 Å². The number of hydrogen-bond acceptors (Lipinski definition) is 1. The van der Waals surface area contributed by atoms with Crippen LogP contribution in [0.3, 0.4) is 0 Å². The second-order valence-corrected chi connectivity index (χ2v) is 2.77. The maximum Gasteiger partial charge on any atom is 0.117 e. The Morgan fingerprint density at radius 2 is 1.67 bits per heavy atom. The van der Waals surface area contributed by atoms with Crippen LogP contribution in [0.1, 0.15) is 20.8 Å². The lowest BCUT2D eigenvalue weighted by Gasteiger charge is -2.18. The van der Waals surface area contributed by atoms with Gasteiger partial charge in [0.25, 0.3) is 0 Å². The van der Waals surface area contributed by atoms with E-state index >= 15 is 0 Å². The molecule has 1 N–H and O–H groups in total.